The lowest BCUT2D eigenvalue weighted by Gasteiger charge is -2.34. The van der Waals surface area contributed by atoms with Gasteiger partial charge in [0.25, 0.3) is 0 Å². The van der Waals surface area contributed by atoms with Gasteiger partial charge in [-0.05, 0) is 30.2 Å². The van der Waals surface area contributed by atoms with Crippen LogP contribution in [0, 0.1) is 5.82 Å². The summed E-state index contributed by atoms with van der Waals surface area (Å²) in [4.78, 5) is 13.8. The number of hydrogen-bond acceptors (Lipinski definition) is 3. The SMILES string of the molecule is O=C(NCCc1ccccc1)N1CCN(S(=O)(=O)c2ccc(F)c(Cl)c2)CC1. The Morgan fingerprint density at radius 1 is 1.07 bits per heavy atom. The zero-order valence-corrected chi connectivity index (χ0v) is 16.7. The average Bonchev–Trinajstić information content (AvgIpc) is 2.71. The van der Waals surface area contributed by atoms with E-state index in [1.54, 1.807) is 4.90 Å². The Hall–Kier alpha value is -2.16. The number of benzene rings is 2. The number of carbonyl (C=O) groups is 1. The minimum atomic E-state index is -3.78. The van der Waals surface area contributed by atoms with Crippen molar-refractivity contribution >= 4 is 27.7 Å². The molecular formula is C19H21ClFN3O3S. The third-order valence-electron chi connectivity index (χ3n) is 4.59. The molecule has 28 heavy (non-hydrogen) atoms. The van der Waals surface area contributed by atoms with Crippen molar-refractivity contribution < 1.29 is 17.6 Å². The summed E-state index contributed by atoms with van der Waals surface area (Å²) in [6.45, 7) is 1.42. The second-order valence-electron chi connectivity index (χ2n) is 6.43. The van der Waals surface area contributed by atoms with Crippen molar-refractivity contribution in [2.75, 3.05) is 32.7 Å². The first-order chi connectivity index (χ1) is 13.4. The normalized spacial score (nSPS) is 15.4. The molecule has 1 aliphatic heterocycles. The Kier molecular flexibility index (Phi) is 6.53. The fraction of sp³-hybridized carbons (Fsp3) is 0.316. The summed E-state index contributed by atoms with van der Waals surface area (Å²) < 4.78 is 39.9. The number of amides is 2. The van der Waals surface area contributed by atoms with Gasteiger partial charge in [-0.15, -0.1) is 0 Å². The molecular weight excluding hydrogens is 405 g/mol. The molecule has 0 radical (unpaired) electrons. The number of rotatable bonds is 5. The highest BCUT2D eigenvalue weighted by molar-refractivity contribution is 7.89. The maximum atomic E-state index is 13.3. The van der Waals surface area contributed by atoms with Crippen molar-refractivity contribution in [3.63, 3.8) is 0 Å². The van der Waals surface area contributed by atoms with E-state index in [4.69, 9.17) is 11.6 Å². The van der Waals surface area contributed by atoms with E-state index in [0.29, 0.717) is 6.54 Å². The Bertz CT molecular complexity index is 933. The highest BCUT2D eigenvalue weighted by Crippen LogP contribution is 2.23. The molecule has 2 amide bonds. The van der Waals surface area contributed by atoms with Crippen LogP contribution in [0.3, 0.4) is 0 Å². The molecule has 1 saturated heterocycles. The van der Waals surface area contributed by atoms with Crippen molar-refractivity contribution in [2.45, 2.75) is 11.3 Å². The number of carbonyl (C=O) groups excluding carboxylic acids is 1. The summed E-state index contributed by atoms with van der Waals surface area (Å²) in [5.74, 6) is -0.669. The van der Waals surface area contributed by atoms with Gasteiger partial charge in [-0.2, -0.15) is 4.31 Å². The number of sulfonamides is 1. The van der Waals surface area contributed by atoms with Gasteiger partial charge in [-0.25, -0.2) is 17.6 Å². The monoisotopic (exact) mass is 425 g/mol. The molecule has 1 N–H and O–H groups in total. The predicted octanol–water partition coefficient (Wildman–Crippen LogP) is 2.74. The maximum absolute atomic E-state index is 13.3. The average molecular weight is 426 g/mol. The van der Waals surface area contributed by atoms with Crippen LogP contribution in [0.4, 0.5) is 9.18 Å². The number of hydrogen-bond donors (Lipinski definition) is 1. The van der Waals surface area contributed by atoms with Crippen LogP contribution in [0.1, 0.15) is 5.56 Å². The van der Waals surface area contributed by atoms with Crippen molar-refractivity contribution in [1.82, 2.24) is 14.5 Å². The number of halogens is 2. The highest BCUT2D eigenvalue weighted by Gasteiger charge is 2.30. The molecule has 150 valence electrons. The lowest BCUT2D eigenvalue weighted by Crippen LogP contribution is -2.53. The van der Waals surface area contributed by atoms with E-state index >= 15 is 0 Å². The van der Waals surface area contributed by atoms with Gasteiger partial charge in [0.1, 0.15) is 5.82 Å². The number of piperazine rings is 1. The Labute approximate surface area is 168 Å². The minimum Gasteiger partial charge on any atom is -0.338 e. The maximum Gasteiger partial charge on any atom is 0.317 e. The lowest BCUT2D eigenvalue weighted by molar-refractivity contribution is 0.172. The largest absolute Gasteiger partial charge is 0.338 e. The molecule has 0 spiro atoms. The molecule has 2 aromatic rings. The summed E-state index contributed by atoms with van der Waals surface area (Å²) in [5, 5.41) is 2.62. The molecule has 3 rings (SSSR count). The van der Waals surface area contributed by atoms with Crippen LogP contribution in [0.2, 0.25) is 5.02 Å². The predicted molar refractivity (Wildman–Crippen MR) is 105 cm³/mol. The number of nitrogens with zero attached hydrogens (tertiary/aromatic N) is 2. The van der Waals surface area contributed by atoms with Gasteiger partial charge >= 0.3 is 6.03 Å². The fourth-order valence-corrected chi connectivity index (χ4v) is 4.68. The van der Waals surface area contributed by atoms with Crippen molar-refractivity contribution in [3.05, 3.63) is 64.9 Å². The van der Waals surface area contributed by atoms with E-state index in [2.05, 4.69) is 5.32 Å². The van der Waals surface area contributed by atoms with E-state index < -0.39 is 15.8 Å². The third-order valence-corrected chi connectivity index (χ3v) is 6.77. The van der Waals surface area contributed by atoms with Crippen molar-refractivity contribution in [2.24, 2.45) is 0 Å². The van der Waals surface area contributed by atoms with E-state index in [-0.39, 0.29) is 42.1 Å². The topological polar surface area (TPSA) is 69.7 Å². The first-order valence-corrected chi connectivity index (χ1v) is 10.7. The lowest BCUT2D eigenvalue weighted by atomic mass is 10.1. The number of urea groups is 1. The molecule has 1 heterocycles. The molecule has 1 fully saturated rings. The molecule has 2 aromatic carbocycles. The van der Waals surface area contributed by atoms with Crippen LogP contribution < -0.4 is 5.32 Å². The summed E-state index contributed by atoms with van der Waals surface area (Å²) in [5.41, 5.74) is 1.14. The standard InChI is InChI=1S/C19H21ClFN3O3S/c20-17-14-16(6-7-18(17)21)28(26,27)24-12-10-23(11-13-24)19(25)22-9-8-15-4-2-1-3-5-15/h1-7,14H,8-13H2,(H,22,25). The summed E-state index contributed by atoms with van der Waals surface area (Å²) in [6.07, 6.45) is 0.728. The third kappa shape index (κ3) is 4.81. The molecule has 0 aromatic heterocycles. The van der Waals surface area contributed by atoms with Crippen LogP contribution in [0.5, 0.6) is 0 Å². The first kappa shape index (κ1) is 20.6. The van der Waals surface area contributed by atoms with Crippen LogP contribution in [-0.2, 0) is 16.4 Å². The van der Waals surface area contributed by atoms with Crippen LogP contribution in [0.25, 0.3) is 0 Å². The molecule has 1 aliphatic rings. The van der Waals surface area contributed by atoms with Gasteiger partial charge in [-0.3, -0.25) is 0 Å². The van der Waals surface area contributed by atoms with Gasteiger partial charge in [0.15, 0.2) is 0 Å². The Morgan fingerprint density at radius 3 is 2.39 bits per heavy atom. The Balaban J connectivity index is 1.52. The molecule has 0 aliphatic carbocycles. The Morgan fingerprint density at radius 2 is 1.75 bits per heavy atom. The second-order valence-corrected chi connectivity index (χ2v) is 8.78. The first-order valence-electron chi connectivity index (χ1n) is 8.90. The van der Waals surface area contributed by atoms with Crippen molar-refractivity contribution in [1.29, 1.82) is 0 Å². The molecule has 0 unspecified atom stereocenters. The van der Waals surface area contributed by atoms with Gasteiger partial charge in [0.05, 0.1) is 9.92 Å². The summed E-state index contributed by atoms with van der Waals surface area (Å²) in [7, 11) is -3.78. The molecule has 6 nitrogen and oxygen atoms in total. The molecule has 9 heteroatoms. The van der Waals surface area contributed by atoms with Crippen LogP contribution in [-0.4, -0.2) is 56.4 Å². The quantitative estimate of drug-likeness (QED) is 0.800. The highest BCUT2D eigenvalue weighted by atomic mass is 35.5. The second kappa shape index (κ2) is 8.89. The van der Waals surface area contributed by atoms with Gasteiger partial charge in [0, 0.05) is 32.7 Å². The van der Waals surface area contributed by atoms with Gasteiger partial charge in [-0.1, -0.05) is 41.9 Å². The summed E-state index contributed by atoms with van der Waals surface area (Å²) >= 11 is 5.70. The fourth-order valence-electron chi connectivity index (χ4n) is 2.99. The van der Waals surface area contributed by atoms with Crippen LogP contribution >= 0.6 is 11.6 Å². The van der Waals surface area contributed by atoms with E-state index in [1.165, 1.54) is 10.4 Å². The van der Waals surface area contributed by atoms with Crippen molar-refractivity contribution in [3.8, 4) is 0 Å². The zero-order chi connectivity index (χ0) is 20.1. The smallest absolute Gasteiger partial charge is 0.317 e. The zero-order valence-electron chi connectivity index (χ0n) is 15.1. The van der Waals surface area contributed by atoms with E-state index in [1.807, 2.05) is 30.3 Å². The minimum absolute atomic E-state index is 0.0559. The van der Waals surface area contributed by atoms with E-state index in [0.717, 1.165) is 24.1 Å². The van der Waals surface area contributed by atoms with Gasteiger partial charge < -0.3 is 10.2 Å². The molecule has 0 atom stereocenters. The molecule has 0 bridgehead atoms. The van der Waals surface area contributed by atoms with Crippen LogP contribution in [0.15, 0.2) is 53.4 Å². The number of nitrogens with one attached hydrogen (secondary N) is 1. The summed E-state index contributed by atoms with van der Waals surface area (Å²) in [6, 6.07) is 13.0. The van der Waals surface area contributed by atoms with E-state index in [9.17, 15) is 17.6 Å². The molecule has 0 saturated carbocycles. The van der Waals surface area contributed by atoms with Gasteiger partial charge in [0.2, 0.25) is 10.0 Å².